The van der Waals surface area contributed by atoms with Gasteiger partial charge in [0.2, 0.25) is 11.8 Å². The van der Waals surface area contributed by atoms with Gasteiger partial charge in [-0.25, -0.2) is 8.42 Å². The Morgan fingerprint density at radius 2 is 1.68 bits per heavy atom. The summed E-state index contributed by atoms with van der Waals surface area (Å²) in [5.41, 5.74) is 0.911. The number of carbonyl (C=O) groups excluding carboxylic acids is 2. The third-order valence-corrected chi connectivity index (χ3v) is 9.28. The number of sulfonamides is 1. The normalized spacial score (nSPS) is 14.4. The molecule has 3 aromatic rings. The monoisotopic (exact) mass is 583 g/mol. The number of hydrogen-bond acceptors (Lipinski definition) is 5. The van der Waals surface area contributed by atoms with E-state index in [0.717, 1.165) is 30.0 Å². The summed E-state index contributed by atoms with van der Waals surface area (Å²) in [4.78, 5) is 28.7. The molecule has 0 aliphatic heterocycles. The first-order valence-corrected chi connectivity index (χ1v) is 15.1. The lowest BCUT2D eigenvalue weighted by molar-refractivity contribution is -0.139. The molecule has 0 bridgehead atoms. The van der Waals surface area contributed by atoms with Crippen LogP contribution in [0.1, 0.15) is 38.2 Å². The van der Waals surface area contributed by atoms with Crippen molar-refractivity contribution in [2.45, 2.75) is 56.1 Å². The molecule has 0 aromatic heterocycles. The SMILES string of the molecule is COc1cccc(N(CC(=O)N(Cc2ccccc2Cl)[C@@H](C)C(=O)NC2CCCC2)S(=O)(=O)c2ccccc2)c1. The third kappa shape index (κ3) is 6.95. The molecule has 0 heterocycles. The average molecular weight is 584 g/mol. The van der Waals surface area contributed by atoms with E-state index in [1.807, 2.05) is 0 Å². The van der Waals surface area contributed by atoms with E-state index in [0.29, 0.717) is 16.3 Å². The highest BCUT2D eigenvalue weighted by Crippen LogP contribution is 2.28. The van der Waals surface area contributed by atoms with Crippen LogP contribution in [0.5, 0.6) is 5.75 Å². The van der Waals surface area contributed by atoms with Crippen LogP contribution in [0.3, 0.4) is 0 Å². The lowest BCUT2D eigenvalue weighted by atomic mass is 10.1. The second-order valence-corrected chi connectivity index (χ2v) is 12.1. The fraction of sp³-hybridized carbons (Fsp3) is 0.333. The molecule has 4 rings (SSSR count). The molecule has 8 nitrogen and oxygen atoms in total. The van der Waals surface area contributed by atoms with Crippen molar-refractivity contribution in [3.05, 3.63) is 89.4 Å². The molecule has 1 atom stereocenters. The highest BCUT2D eigenvalue weighted by atomic mass is 35.5. The first kappa shape index (κ1) is 29.4. The van der Waals surface area contributed by atoms with Crippen LogP contribution >= 0.6 is 11.6 Å². The first-order chi connectivity index (χ1) is 19.2. The van der Waals surface area contributed by atoms with Crippen molar-refractivity contribution in [3.8, 4) is 5.75 Å². The van der Waals surface area contributed by atoms with Crippen molar-refractivity contribution in [2.24, 2.45) is 0 Å². The van der Waals surface area contributed by atoms with Crippen LogP contribution in [-0.4, -0.2) is 50.9 Å². The molecule has 3 aromatic carbocycles. The number of rotatable bonds is 11. The molecule has 2 amide bonds. The minimum Gasteiger partial charge on any atom is -0.497 e. The molecule has 1 aliphatic rings. The van der Waals surface area contributed by atoms with Crippen LogP contribution in [0.25, 0.3) is 0 Å². The minimum absolute atomic E-state index is 0.0368. The van der Waals surface area contributed by atoms with Gasteiger partial charge in [-0.15, -0.1) is 0 Å². The summed E-state index contributed by atoms with van der Waals surface area (Å²) in [6.45, 7) is 1.16. The number of nitrogens with one attached hydrogen (secondary N) is 1. The van der Waals surface area contributed by atoms with Crippen molar-refractivity contribution in [3.63, 3.8) is 0 Å². The first-order valence-electron chi connectivity index (χ1n) is 13.3. The Labute approximate surface area is 240 Å². The van der Waals surface area contributed by atoms with Crippen LogP contribution in [-0.2, 0) is 26.2 Å². The summed E-state index contributed by atoms with van der Waals surface area (Å²) in [6, 6.07) is 20.7. The summed E-state index contributed by atoms with van der Waals surface area (Å²) in [7, 11) is -2.67. The van der Waals surface area contributed by atoms with E-state index in [4.69, 9.17) is 16.3 Å². The lowest BCUT2D eigenvalue weighted by Crippen LogP contribution is -2.52. The lowest BCUT2D eigenvalue weighted by Gasteiger charge is -2.32. The third-order valence-electron chi connectivity index (χ3n) is 7.12. The van der Waals surface area contributed by atoms with E-state index in [1.165, 1.54) is 24.1 Å². The van der Waals surface area contributed by atoms with Crippen LogP contribution in [0, 0.1) is 0 Å². The van der Waals surface area contributed by atoms with E-state index in [9.17, 15) is 18.0 Å². The molecule has 0 spiro atoms. The van der Waals surface area contributed by atoms with Gasteiger partial charge in [0.1, 0.15) is 18.3 Å². The molecule has 1 aliphatic carbocycles. The Morgan fingerprint density at radius 1 is 1.00 bits per heavy atom. The van der Waals surface area contributed by atoms with Gasteiger partial charge in [-0.3, -0.25) is 13.9 Å². The molecular formula is C30H34ClN3O5S. The van der Waals surface area contributed by atoms with Gasteiger partial charge in [0, 0.05) is 23.7 Å². The Hall–Kier alpha value is -3.56. The quantitative estimate of drug-likeness (QED) is 0.342. The minimum atomic E-state index is -4.15. The standard InChI is InChI=1S/C30H34ClN3O5S/c1-22(30(36)32-24-12-7-8-13-24)33(20-23-11-6-9-18-28(23)31)29(35)21-34(25-14-10-15-26(19-25)39-2)40(37,38)27-16-4-3-5-17-27/h3-6,9-11,14-19,22,24H,7-8,12-13,20-21H2,1-2H3,(H,32,36)/t22-/m0/s1. The summed E-state index contributed by atoms with van der Waals surface area (Å²) in [5, 5.41) is 3.51. The molecule has 212 valence electrons. The van der Waals surface area contributed by atoms with Crippen molar-refractivity contribution < 1.29 is 22.7 Å². The fourth-order valence-corrected chi connectivity index (χ4v) is 6.42. The highest BCUT2D eigenvalue weighted by molar-refractivity contribution is 7.92. The van der Waals surface area contributed by atoms with Gasteiger partial charge >= 0.3 is 0 Å². The van der Waals surface area contributed by atoms with Crippen molar-refractivity contribution in [2.75, 3.05) is 18.0 Å². The Kier molecular flexibility index (Phi) is 9.71. The van der Waals surface area contributed by atoms with Crippen LogP contribution in [0.4, 0.5) is 5.69 Å². The number of ether oxygens (including phenoxy) is 1. The van der Waals surface area contributed by atoms with Gasteiger partial charge in [-0.2, -0.15) is 0 Å². The van der Waals surface area contributed by atoms with E-state index in [1.54, 1.807) is 73.7 Å². The van der Waals surface area contributed by atoms with Gasteiger partial charge in [-0.05, 0) is 55.7 Å². The number of methoxy groups -OCH3 is 1. The number of benzene rings is 3. The van der Waals surface area contributed by atoms with Crippen molar-refractivity contribution >= 4 is 39.1 Å². The van der Waals surface area contributed by atoms with Crippen molar-refractivity contribution in [1.82, 2.24) is 10.2 Å². The summed E-state index contributed by atoms with van der Waals surface area (Å²) in [6.07, 6.45) is 3.90. The van der Waals surface area contributed by atoms with Crippen molar-refractivity contribution in [1.29, 1.82) is 0 Å². The Balaban J connectivity index is 1.70. The van der Waals surface area contributed by atoms with Gasteiger partial charge in [-0.1, -0.05) is 66.9 Å². The largest absolute Gasteiger partial charge is 0.497 e. The summed E-state index contributed by atoms with van der Waals surface area (Å²) >= 11 is 6.42. The predicted octanol–water partition coefficient (Wildman–Crippen LogP) is 5.02. The second-order valence-electron chi connectivity index (χ2n) is 9.81. The number of halogens is 1. The van der Waals surface area contributed by atoms with Gasteiger partial charge in [0.15, 0.2) is 0 Å². The smallest absolute Gasteiger partial charge is 0.264 e. The maximum Gasteiger partial charge on any atom is 0.264 e. The fourth-order valence-electron chi connectivity index (χ4n) is 4.80. The molecule has 0 unspecified atom stereocenters. The maximum absolute atomic E-state index is 14.0. The number of hydrogen-bond donors (Lipinski definition) is 1. The number of amides is 2. The zero-order valence-corrected chi connectivity index (χ0v) is 24.2. The van der Waals surface area contributed by atoms with Gasteiger partial charge in [0.25, 0.3) is 10.0 Å². The average Bonchev–Trinajstić information content (AvgIpc) is 3.48. The second kappa shape index (κ2) is 13.2. The number of anilines is 1. The van der Waals surface area contributed by atoms with Crippen LogP contribution in [0.2, 0.25) is 5.02 Å². The zero-order chi connectivity index (χ0) is 28.7. The van der Waals surface area contributed by atoms with E-state index >= 15 is 0 Å². The number of nitrogens with zero attached hydrogens (tertiary/aromatic N) is 2. The van der Waals surface area contributed by atoms with E-state index in [-0.39, 0.29) is 29.1 Å². The molecular weight excluding hydrogens is 550 g/mol. The molecule has 1 fully saturated rings. The van der Waals surface area contributed by atoms with Crippen LogP contribution in [0.15, 0.2) is 83.8 Å². The molecule has 1 saturated carbocycles. The highest BCUT2D eigenvalue weighted by Gasteiger charge is 2.33. The molecule has 40 heavy (non-hydrogen) atoms. The molecule has 0 saturated heterocycles. The predicted molar refractivity (Wildman–Crippen MR) is 156 cm³/mol. The molecule has 10 heteroatoms. The van der Waals surface area contributed by atoms with Gasteiger partial charge < -0.3 is 15.0 Å². The summed E-state index contributed by atoms with van der Waals surface area (Å²) in [5.74, 6) is -0.391. The van der Waals surface area contributed by atoms with E-state index in [2.05, 4.69) is 5.32 Å². The number of carbonyl (C=O) groups is 2. The zero-order valence-electron chi connectivity index (χ0n) is 22.6. The van der Waals surface area contributed by atoms with Crippen LogP contribution < -0.4 is 14.4 Å². The molecule has 0 radical (unpaired) electrons. The Bertz CT molecular complexity index is 1430. The Morgan fingerprint density at radius 3 is 2.35 bits per heavy atom. The van der Waals surface area contributed by atoms with Gasteiger partial charge in [0.05, 0.1) is 17.7 Å². The van der Waals surface area contributed by atoms with E-state index < -0.39 is 28.5 Å². The molecule has 1 N–H and O–H groups in total. The topological polar surface area (TPSA) is 96.0 Å². The summed E-state index contributed by atoms with van der Waals surface area (Å²) < 4.78 is 34.1. The maximum atomic E-state index is 14.0.